The van der Waals surface area contributed by atoms with E-state index in [1.807, 2.05) is 18.4 Å². The van der Waals surface area contributed by atoms with Gasteiger partial charge in [0.05, 0.1) is 19.5 Å². The lowest BCUT2D eigenvalue weighted by atomic mass is 10.0. The molecule has 4 heterocycles. The van der Waals surface area contributed by atoms with Crippen molar-refractivity contribution in [2.45, 2.75) is 32.3 Å². The van der Waals surface area contributed by atoms with E-state index < -0.39 is 6.72 Å². The van der Waals surface area contributed by atoms with Crippen molar-refractivity contribution in [3.05, 3.63) is 6.33 Å². The molecule has 0 radical (unpaired) electrons. The largest absolute Gasteiger partial charge is 0.476 e. The van der Waals surface area contributed by atoms with Crippen LogP contribution in [0.2, 0.25) is 0 Å². The van der Waals surface area contributed by atoms with Crippen molar-refractivity contribution in [1.29, 1.82) is 0 Å². The number of aromatic nitrogens is 4. The molecule has 5 unspecified atom stereocenters. The summed E-state index contributed by atoms with van der Waals surface area (Å²) in [6.07, 6.45) is 0.806. The predicted octanol–water partition coefficient (Wildman–Crippen LogP) is 1.63. The molecule has 0 aromatic carbocycles. The molecule has 12 heteroatoms. The summed E-state index contributed by atoms with van der Waals surface area (Å²) in [6.45, 7) is 1.95. The van der Waals surface area contributed by atoms with Crippen LogP contribution >= 0.6 is 6.72 Å². The van der Waals surface area contributed by atoms with Gasteiger partial charge in [0, 0.05) is 13.0 Å². The molecule has 2 aliphatic rings. The van der Waals surface area contributed by atoms with Crippen LogP contribution in [0.25, 0.3) is 11.2 Å². The first-order chi connectivity index (χ1) is 12.5. The monoisotopic (exact) mass is 401 g/mol. The van der Waals surface area contributed by atoms with Gasteiger partial charge in [0.25, 0.3) is 0 Å². The first-order valence-electron chi connectivity index (χ1n) is 8.22. The molecule has 0 saturated carbocycles. The van der Waals surface area contributed by atoms with E-state index in [1.165, 1.54) is 7.11 Å². The minimum Gasteiger partial charge on any atom is -0.476 e. The van der Waals surface area contributed by atoms with Gasteiger partial charge in [-0.15, -0.1) is 0 Å². The molecule has 0 aliphatic carbocycles. The van der Waals surface area contributed by atoms with Crippen molar-refractivity contribution in [2.24, 2.45) is 5.92 Å². The highest BCUT2D eigenvalue weighted by Gasteiger charge is 2.50. The molecule has 2 fully saturated rings. The predicted molar refractivity (Wildman–Crippen MR) is 96.1 cm³/mol. The van der Waals surface area contributed by atoms with Gasteiger partial charge >= 0.3 is 6.72 Å². The van der Waals surface area contributed by atoms with Crippen LogP contribution < -0.4 is 10.5 Å². The summed E-state index contributed by atoms with van der Waals surface area (Å²) in [5.41, 5.74) is 6.91. The summed E-state index contributed by atoms with van der Waals surface area (Å²) < 4.78 is 30.2. The maximum Gasteiger partial charge on any atom is 0.327 e. The van der Waals surface area contributed by atoms with Crippen molar-refractivity contribution in [2.75, 3.05) is 26.1 Å². The SMILES string of the molecule is CCOc1nc(N)nc2c1ncn2C1OC2COP(=S)(OC)OC2C1C. The fourth-order valence-corrected chi connectivity index (χ4v) is 4.96. The molecule has 0 bridgehead atoms. The van der Waals surface area contributed by atoms with E-state index in [2.05, 4.69) is 15.0 Å². The minimum atomic E-state index is -2.72. The van der Waals surface area contributed by atoms with Crippen LogP contribution in [0.1, 0.15) is 20.1 Å². The lowest BCUT2D eigenvalue weighted by Crippen LogP contribution is -2.36. The van der Waals surface area contributed by atoms with Gasteiger partial charge in [-0.25, -0.2) is 4.98 Å². The summed E-state index contributed by atoms with van der Waals surface area (Å²) in [5, 5.41) is 0. The molecule has 4 rings (SSSR count). The zero-order valence-electron chi connectivity index (χ0n) is 14.6. The first-order valence-corrected chi connectivity index (χ1v) is 10.8. The van der Waals surface area contributed by atoms with Crippen molar-refractivity contribution < 1.29 is 23.0 Å². The Labute approximate surface area is 155 Å². The van der Waals surface area contributed by atoms with E-state index in [9.17, 15) is 0 Å². The van der Waals surface area contributed by atoms with Crippen molar-refractivity contribution in [3.63, 3.8) is 0 Å². The fourth-order valence-electron chi connectivity index (χ4n) is 3.27. The third-order valence-electron chi connectivity index (χ3n) is 4.48. The molecule has 2 saturated heterocycles. The molecule has 26 heavy (non-hydrogen) atoms. The van der Waals surface area contributed by atoms with Crippen LogP contribution in [0.3, 0.4) is 0 Å². The van der Waals surface area contributed by atoms with Crippen molar-refractivity contribution >= 4 is 35.6 Å². The van der Waals surface area contributed by atoms with Crippen LogP contribution in [0.4, 0.5) is 5.95 Å². The van der Waals surface area contributed by atoms with Gasteiger partial charge in [-0.3, -0.25) is 4.57 Å². The Morgan fingerprint density at radius 2 is 2.27 bits per heavy atom. The third-order valence-corrected chi connectivity index (χ3v) is 6.92. The number of nitrogens with zero attached hydrogens (tertiary/aromatic N) is 4. The Balaban J connectivity index is 1.69. The Morgan fingerprint density at radius 1 is 1.46 bits per heavy atom. The average Bonchev–Trinajstić information content (AvgIpc) is 3.17. The number of fused-ring (bicyclic) bond motifs is 2. The zero-order chi connectivity index (χ0) is 18.5. The summed E-state index contributed by atoms with van der Waals surface area (Å²) in [6, 6.07) is 0. The maximum absolute atomic E-state index is 6.15. The Bertz CT molecular complexity index is 879. The van der Waals surface area contributed by atoms with E-state index in [0.29, 0.717) is 30.3 Å². The number of rotatable bonds is 4. The number of imidazole rings is 1. The topological polar surface area (TPSA) is 116 Å². The Morgan fingerprint density at radius 3 is 3.00 bits per heavy atom. The number of nitrogen functional groups attached to an aromatic ring is 1. The molecule has 0 amide bonds. The second-order valence-electron chi connectivity index (χ2n) is 6.06. The number of hydrogen-bond donors (Lipinski definition) is 1. The van der Waals surface area contributed by atoms with Gasteiger partial charge in [-0.1, -0.05) is 6.92 Å². The standard InChI is InChI=1S/C14H20N5O5PS/c1-4-21-12-9-11(17-14(15)18-12)19(6-16-9)13-7(2)10-8(23-13)5-22-25(26,20-3)24-10/h6-8,10,13H,4-5H2,1-3H3,(H2,15,17,18). The number of hydrogen-bond acceptors (Lipinski definition) is 10. The molecule has 2 N–H and O–H groups in total. The highest BCUT2D eigenvalue weighted by atomic mass is 32.5. The quantitative estimate of drug-likeness (QED) is 0.758. The highest BCUT2D eigenvalue weighted by Crippen LogP contribution is 2.57. The number of anilines is 1. The van der Waals surface area contributed by atoms with Gasteiger partial charge in [-0.05, 0) is 18.7 Å². The van der Waals surface area contributed by atoms with Crippen LogP contribution in [0, 0.1) is 5.92 Å². The summed E-state index contributed by atoms with van der Waals surface area (Å²) >= 11 is 5.33. The molecular formula is C14H20N5O5PS. The fraction of sp³-hybridized carbons (Fsp3) is 0.643. The maximum atomic E-state index is 6.15. The first kappa shape index (κ1) is 18.0. The van der Waals surface area contributed by atoms with Crippen LogP contribution in [0.15, 0.2) is 6.33 Å². The molecule has 2 aromatic rings. The lowest BCUT2D eigenvalue weighted by molar-refractivity contribution is -0.0597. The molecule has 10 nitrogen and oxygen atoms in total. The molecule has 2 aromatic heterocycles. The van der Waals surface area contributed by atoms with E-state index in [1.54, 1.807) is 6.33 Å². The Kier molecular flexibility index (Phi) is 4.62. The second kappa shape index (κ2) is 6.66. The Hall–Kier alpha value is -1.36. The molecule has 5 atom stereocenters. The van der Waals surface area contributed by atoms with Gasteiger partial charge in [0.15, 0.2) is 11.2 Å². The van der Waals surface area contributed by atoms with Crippen LogP contribution in [-0.4, -0.2) is 52.1 Å². The normalized spacial score (nSPS) is 34.1. The molecule has 0 spiro atoms. The summed E-state index contributed by atoms with van der Waals surface area (Å²) in [4.78, 5) is 12.8. The number of nitrogens with two attached hydrogens (primary N) is 1. The van der Waals surface area contributed by atoms with Gasteiger partial charge in [0.1, 0.15) is 18.4 Å². The zero-order valence-corrected chi connectivity index (χ0v) is 16.3. The summed E-state index contributed by atoms with van der Waals surface area (Å²) in [7, 11) is 1.50. The highest BCUT2D eigenvalue weighted by molar-refractivity contribution is 8.07. The van der Waals surface area contributed by atoms with E-state index in [-0.39, 0.29) is 30.3 Å². The second-order valence-corrected chi connectivity index (χ2v) is 9.13. The van der Waals surface area contributed by atoms with Crippen LogP contribution in [-0.2, 0) is 30.1 Å². The van der Waals surface area contributed by atoms with E-state index in [0.717, 1.165) is 0 Å². The van der Waals surface area contributed by atoms with E-state index in [4.69, 9.17) is 40.6 Å². The smallest absolute Gasteiger partial charge is 0.327 e. The molecule has 142 valence electrons. The van der Waals surface area contributed by atoms with E-state index >= 15 is 0 Å². The third kappa shape index (κ3) is 2.88. The number of ether oxygens (including phenoxy) is 2. The molecule has 2 aliphatic heterocycles. The van der Waals surface area contributed by atoms with Gasteiger partial charge in [0.2, 0.25) is 11.8 Å². The molecular weight excluding hydrogens is 381 g/mol. The van der Waals surface area contributed by atoms with Gasteiger partial charge in [-0.2, -0.15) is 9.97 Å². The average molecular weight is 401 g/mol. The lowest BCUT2D eigenvalue weighted by Gasteiger charge is -2.33. The van der Waals surface area contributed by atoms with Gasteiger partial charge < -0.3 is 28.8 Å². The summed E-state index contributed by atoms with van der Waals surface area (Å²) in [5.74, 6) is 0.442. The van der Waals surface area contributed by atoms with Crippen molar-refractivity contribution in [1.82, 2.24) is 19.5 Å². The minimum absolute atomic E-state index is 0.0227. The van der Waals surface area contributed by atoms with Crippen molar-refractivity contribution in [3.8, 4) is 5.88 Å². The van der Waals surface area contributed by atoms with Crippen LogP contribution in [0.5, 0.6) is 5.88 Å².